The zero-order chi connectivity index (χ0) is 18.7. The Morgan fingerprint density at radius 3 is 2.46 bits per heavy atom. The second kappa shape index (κ2) is 7.31. The predicted molar refractivity (Wildman–Crippen MR) is 99.0 cm³/mol. The number of esters is 1. The first-order chi connectivity index (χ1) is 12.4. The van der Waals surface area contributed by atoms with Crippen molar-refractivity contribution >= 4 is 28.6 Å². The van der Waals surface area contributed by atoms with E-state index in [1.165, 1.54) is 6.92 Å². The minimum Gasteiger partial charge on any atom is -0.449 e. The lowest BCUT2D eigenvalue weighted by Gasteiger charge is -2.15. The number of fused-ring (bicyclic) bond motifs is 1. The number of rotatable bonds is 4. The molecule has 0 spiro atoms. The summed E-state index contributed by atoms with van der Waals surface area (Å²) in [6, 6.07) is 10.6. The Morgan fingerprint density at radius 1 is 1.00 bits per heavy atom. The number of anilines is 1. The molecule has 0 saturated heterocycles. The number of aromatic nitrogens is 2. The SMILES string of the molecule is Cc1ccc(NC(=O)[C@@H](C)OC(=O)c2ccc3nccnc3c2)c(C)c1. The van der Waals surface area contributed by atoms with Crippen molar-refractivity contribution in [3.05, 3.63) is 65.5 Å². The van der Waals surface area contributed by atoms with E-state index in [0.29, 0.717) is 22.3 Å². The summed E-state index contributed by atoms with van der Waals surface area (Å²) < 4.78 is 5.28. The van der Waals surface area contributed by atoms with Crippen LogP contribution in [-0.4, -0.2) is 27.9 Å². The van der Waals surface area contributed by atoms with E-state index in [1.807, 2.05) is 32.0 Å². The van der Waals surface area contributed by atoms with Crippen LogP contribution in [0.5, 0.6) is 0 Å². The summed E-state index contributed by atoms with van der Waals surface area (Å²) >= 11 is 0. The smallest absolute Gasteiger partial charge is 0.338 e. The van der Waals surface area contributed by atoms with Crippen LogP contribution in [-0.2, 0) is 9.53 Å². The van der Waals surface area contributed by atoms with Gasteiger partial charge < -0.3 is 10.1 Å². The van der Waals surface area contributed by atoms with Crippen LogP contribution in [0.3, 0.4) is 0 Å². The zero-order valence-electron chi connectivity index (χ0n) is 14.8. The molecule has 0 aliphatic rings. The minimum atomic E-state index is -0.930. The molecule has 0 unspecified atom stereocenters. The zero-order valence-corrected chi connectivity index (χ0v) is 14.8. The van der Waals surface area contributed by atoms with Crippen molar-refractivity contribution in [1.82, 2.24) is 9.97 Å². The van der Waals surface area contributed by atoms with E-state index in [0.717, 1.165) is 11.1 Å². The van der Waals surface area contributed by atoms with Gasteiger partial charge in [0.1, 0.15) is 0 Å². The largest absolute Gasteiger partial charge is 0.449 e. The van der Waals surface area contributed by atoms with Gasteiger partial charge in [-0.15, -0.1) is 0 Å². The van der Waals surface area contributed by atoms with E-state index < -0.39 is 12.1 Å². The molecule has 6 nitrogen and oxygen atoms in total. The molecule has 0 aliphatic carbocycles. The fourth-order valence-corrected chi connectivity index (χ4v) is 2.56. The van der Waals surface area contributed by atoms with Gasteiger partial charge in [-0.3, -0.25) is 14.8 Å². The summed E-state index contributed by atoms with van der Waals surface area (Å²) in [6.07, 6.45) is 2.21. The van der Waals surface area contributed by atoms with Crippen LogP contribution in [0.15, 0.2) is 48.8 Å². The maximum Gasteiger partial charge on any atom is 0.338 e. The van der Waals surface area contributed by atoms with E-state index >= 15 is 0 Å². The maximum atomic E-state index is 12.3. The average Bonchev–Trinajstić information content (AvgIpc) is 2.63. The Bertz CT molecular complexity index is 985. The van der Waals surface area contributed by atoms with Gasteiger partial charge in [0.05, 0.1) is 16.6 Å². The van der Waals surface area contributed by atoms with Crippen LogP contribution in [0.1, 0.15) is 28.4 Å². The molecule has 1 amide bonds. The number of hydrogen-bond acceptors (Lipinski definition) is 5. The fraction of sp³-hybridized carbons (Fsp3) is 0.200. The first-order valence-corrected chi connectivity index (χ1v) is 8.24. The number of nitrogens with zero attached hydrogens (tertiary/aromatic N) is 2. The van der Waals surface area contributed by atoms with Crippen molar-refractivity contribution in [1.29, 1.82) is 0 Å². The monoisotopic (exact) mass is 349 g/mol. The quantitative estimate of drug-likeness (QED) is 0.730. The summed E-state index contributed by atoms with van der Waals surface area (Å²) in [4.78, 5) is 32.9. The van der Waals surface area contributed by atoms with E-state index in [4.69, 9.17) is 4.74 Å². The highest BCUT2D eigenvalue weighted by molar-refractivity contribution is 5.98. The third-order valence-corrected chi connectivity index (χ3v) is 4.00. The highest BCUT2D eigenvalue weighted by Gasteiger charge is 2.20. The van der Waals surface area contributed by atoms with Crippen molar-refractivity contribution in [2.45, 2.75) is 26.9 Å². The Labute approximate surface area is 151 Å². The second-order valence-electron chi connectivity index (χ2n) is 6.11. The van der Waals surface area contributed by atoms with Gasteiger partial charge in [0.15, 0.2) is 6.10 Å². The molecule has 1 heterocycles. The molecule has 0 aliphatic heterocycles. The van der Waals surface area contributed by atoms with Gasteiger partial charge in [-0.05, 0) is 50.6 Å². The molecule has 0 fully saturated rings. The van der Waals surface area contributed by atoms with Crippen molar-refractivity contribution in [2.24, 2.45) is 0 Å². The third kappa shape index (κ3) is 3.85. The van der Waals surface area contributed by atoms with E-state index in [-0.39, 0.29) is 5.91 Å². The molecule has 26 heavy (non-hydrogen) atoms. The summed E-state index contributed by atoms with van der Waals surface area (Å²) in [5, 5.41) is 2.79. The number of aryl methyl sites for hydroxylation is 2. The van der Waals surface area contributed by atoms with Gasteiger partial charge in [-0.25, -0.2) is 4.79 Å². The van der Waals surface area contributed by atoms with Crippen LogP contribution < -0.4 is 5.32 Å². The van der Waals surface area contributed by atoms with Gasteiger partial charge in [0, 0.05) is 18.1 Å². The molecular formula is C20H19N3O3. The van der Waals surface area contributed by atoms with E-state index in [9.17, 15) is 9.59 Å². The van der Waals surface area contributed by atoms with E-state index in [2.05, 4.69) is 15.3 Å². The molecule has 6 heteroatoms. The van der Waals surface area contributed by atoms with Crippen molar-refractivity contribution in [2.75, 3.05) is 5.32 Å². The van der Waals surface area contributed by atoms with Crippen LogP contribution in [0.4, 0.5) is 5.69 Å². The summed E-state index contributed by atoms with van der Waals surface area (Å²) in [7, 11) is 0. The molecule has 0 radical (unpaired) electrons. The molecule has 0 bridgehead atoms. The predicted octanol–water partition coefficient (Wildman–Crippen LogP) is 3.43. The lowest BCUT2D eigenvalue weighted by molar-refractivity contribution is -0.123. The summed E-state index contributed by atoms with van der Waals surface area (Å²) in [6.45, 7) is 5.43. The van der Waals surface area contributed by atoms with E-state index in [1.54, 1.807) is 30.6 Å². The topological polar surface area (TPSA) is 81.2 Å². The Balaban J connectivity index is 1.68. The van der Waals surface area contributed by atoms with Crippen molar-refractivity contribution < 1.29 is 14.3 Å². The van der Waals surface area contributed by atoms with Gasteiger partial charge in [-0.2, -0.15) is 0 Å². The van der Waals surface area contributed by atoms with Gasteiger partial charge in [0.25, 0.3) is 5.91 Å². The fourth-order valence-electron chi connectivity index (χ4n) is 2.56. The second-order valence-corrected chi connectivity index (χ2v) is 6.11. The van der Waals surface area contributed by atoms with Gasteiger partial charge in [-0.1, -0.05) is 17.7 Å². The van der Waals surface area contributed by atoms with Crippen LogP contribution in [0, 0.1) is 13.8 Å². The van der Waals surface area contributed by atoms with Crippen molar-refractivity contribution in [3.63, 3.8) is 0 Å². The molecule has 3 rings (SSSR count). The first kappa shape index (κ1) is 17.5. The summed E-state index contributed by atoms with van der Waals surface area (Å²) in [5.41, 5.74) is 4.36. The molecule has 1 N–H and O–H groups in total. The number of carbonyl (C=O) groups excluding carboxylic acids is 2. The first-order valence-electron chi connectivity index (χ1n) is 8.24. The van der Waals surface area contributed by atoms with Crippen LogP contribution in [0.2, 0.25) is 0 Å². The Hall–Kier alpha value is -3.28. The number of ether oxygens (including phenoxy) is 1. The molecule has 132 valence electrons. The lowest BCUT2D eigenvalue weighted by atomic mass is 10.1. The van der Waals surface area contributed by atoms with Crippen molar-refractivity contribution in [3.8, 4) is 0 Å². The average molecular weight is 349 g/mol. The Morgan fingerprint density at radius 2 is 1.73 bits per heavy atom. The van der Waals surface area contributed by atoms with Crippen LogP contribution in [0.25, 0.3) is 11.0 Å². The molecular weight excluding hydrogens is 330 g/mol. The highest BCUT2D eigenvalue weighted by atomic mass is 16.5. The van der Waals surface area contributed by atoms with Crippen LogP contribution >= 0.6 is 0 Å². The number of benzene rings is 2. The molecule has 1 aromatic heterocycles. The lowest BCUT2D eigenvalue weighted by Crippen LogP contribution is -2.30. The number of hydrogen-bond donors (Lipinski definition) is 1. The minimum absolute atomic E-state index is 0.323. The number of carbonyl (C=O) groups is 2. The normalized spacial score (nSPS) is 11.8. The van der Waals surface area contributed by atoms with Gasteiger partial charge >= 0.3 is 5.97 Å². The van der Waals surface area contributed by atoms with Gasteiger partial charge in [0.2, 0.25) is 0 Å². The maximum absolute atomic E-state index is 12.3. The summed E-state index contributed by atoms with van der Waals surface area (Å²) in [5.74, 6) is -0.966. The standard InChI is InChI=1S/C20H19N3O3/c1-12-4-6-16(13(2)10-12)23-19(24)14(3)26-20(25)15-5-7-17-18(11-15)22-9-8-21-17/h4-11,14H,1-3H3,(H,23,24)/t14-/m1/s1. The number of nitrogens with one attached hydrogen (secondary N) is 1. The molecule has 2 aromatic carbocycles. The molecule has 3 aromatic rings. The third-order valence-electron chi connectivity index (χ3n) is 4.00. The highest BCUT2D eigenvalue weighted by Crippen LogP contribution is 2.17. The Kier molecular flexibility index (Phi) is 4.93. The molecule has 0 saturated carbocycles. The number of amides is 1. The molecule has 1 atom stereocenters.